The third-order valence-electron chi connectivity index (χ3n) is 3.14. The van der Waals surface area contributed by atoms with Crippen molar-refractivity contribution in [3.8, 4) is 0 Å². The quantitative estimate of drug-likeness (QED) is 0.859. The number of amides is 1. The van der Waals surface area contributed by atoms with E-state index in [1.165, 1.54) is 0 Å². The van der Waals surface area contributed by atoms with Crippen LogP contribution in [0.15, 0.2) is 28.9 Å². The number of hydrogen-bond donors (Lipinski definition) is 1. The molecule has 0 saturated carbocycles. The topological polar surface area (TPSA) is 71.3 Å². The van der Waals surface area contributed by atoms with E-state index in [1.54, 1.807) is 25.3 Å². The lowest BCUT2D eigenvalue weighted by Crippen LogP contribution is -2.39. The lowest BCUT2D eigenvalue weighted by molar-refractivity contribution is -0.120. The molecule has 0 aliphatic rings. The number of likely N-dealkylation sites (N-methyl/N-ethyl adjacent to an activating group) is 1. The molecule has 1 N–H and O–H groups in total. The Kier molecular flexibility index (Phi) is 4.93. The molecule has 0 spiro atoms. The molecular formula is C14H17ClN4O2. The van der Waals surface area contributed by atoms with Crippen LogP contribution < -0.4 is 5.32 Å². The normalized spacial score (nSPS) is 12.4. The standard InChI is InChI=1S/C14H17ClN4O2/c1-9-6-13(21-18-9)17-14(20)10(2)19(3)8-11-4-5-12(15)16-7-11/h4-7,10H,8H2,1-3H3,(H,17,20). The first-order valence-corrected chi connectivity index (χ1v) is 6.88. The number of hydrogen-bond acceptors (Lipinski definition) is 5. The van der Waals surface area contributed by atoms with Crippen LogP contribution in [-0.4, -0.2) is 34.0 Å². The molecule has 0 radical (unpaired) electrons. The van der Waals surface area contributed by atoms with Crippen LogP contribution in [0.3, 0.4) is 0 Å². The number of halogens is 1. The maximum Gasteiger partial charge on any atom is 0.243 e. The Bertz CT molecular complexity index is 612. The van der Waals surface area contributed by atoms with Gasteiger partial charge in [0, 0.05) is 18.8 Å². The molecule has 7 heteroatoms. The zero-order valence-corrected chi connectivity index (χ0v) is 12.9. The van der Waals surface area contributed by atoms with E-state index in [4.69, 9.17) is 16.1 Å². The predicted octanol–water partition coefficient (Wildman–Crippen LogP) is 2.49. The van der Waals surface area contributed by atoms with Crippen molar-refractivity contribution < 1.29 is 9.32 Å². The molecule has 2 rings (SSSR count). The Morgan fingerprint density at radius 3 is 2.86 bits per heavy atom. The smallest absolute Gasteiger partial charge is 0.243 e. The largest absolute Gasteiger partial charge is 0.338 e. The van der Waals surface area contributed by atoms with Crippen molar-refractivity contribution in [2.75, 3.05) is 12.4 Å². The number of pyridine rings is 1. The fourth-order valence-electron chi connectivity index (χ4n) is 1.77. The number of carbonyl (C=O) groups excluding carboxylic acids is 1. The van der Waals surface area contributed by atoms with Gasteiger partial charge in [0.25, 0.3) is 0 Å². The van der Waals surface area contributed by atoms with Crippen LogP contribution >= 0.6 is 11.6 Å². The second kappa shape index (κ2) is 6.69. The van der Waals surface area contributed by atoms with Gasteiger partial charge in [-0.2, -0.15) is 0 Å². The monoisotopic (exact) mass is 308 g/mol. The Morgan fingerprint density at radius 2 is 2.29 bits per heavy atom. The molecule has 0 aliphatic heterocycles. The van der Waals surface area contributed by atoms with Gasteiger partial charge in [0.1, 0.15) is 5.15 Å². The number of aromatic nitrogens is 2. The summed E-state index contributed by atoms with van der Waals surface area (Å²) in [7, 11) is 1.87. The molecule has 0 bridgehead atoms. The first-order chi connectivity index (χ1) is 9.95. The minimum absolute atomic E-state index is 0.157. The van der Waals surface area contributed by atoms with E-state index in [1.807, 2.05) is 24.9 Å². The van der Waals surface area contributed by atoms with Gasteiger partial charge in [-0.15, -0.1) is 0 Å². The third kappa shape index (κ3) is 4.27. The van der Waals surface area contributed by atoms with E-state index < -0.39 is 0 Å². The summed E-state index contributed by atoms with van der Waals surface area (Å²) in [5.41, 5.74) is 1.70. The van der Waals surface area contributed by atoms with Crippen molar-refractivity contribution in [1.29, 1.82) is 0 Å². The molecule has 0 aliphatic carbocycles. The number of aryl methyl sites for hydroxylation is 1. The second-order valence-corrected chi connectivity index (χ2v) is 5.29. The van der Waals surface area contributed by atoms with Gasteiger partial charge in [-0.05, 0) is 32.5 Å². The predicted molar refractivity (Wildman–Crippen MR) is 80.0 cm³/mol. The van der Waals surface area contributed by atoms with E-state index >= 15 is 0 Å². The summed E-state index contributed by atoms with van der Waals surface area (Å²) in [4.78, 5) is 18.1. The van der Waals surface area contributed by atoms with E-state index in [0.29, 0.717) is 17.6 Å². The van der Waals surface area contributed by atoms with Crippen molar-refractivity contribution in [3.05, 3.63) is 40.8 Å². The van der Waals surface area contributed by atoms with Gasteiger partial charge in [-0.1, -0.05) is 22.8 Å². The molecule has 0 fully saturated rings. The van der Waals surface area contributed by atoms with Gasteiger partial charge < -0.3 is 4.52 Å². The molecule has 2 aromatic heterocycles. The summed E-state index contributed by atoms with van der Waals surface area (Å²) >= 11 is 5.75. The third-order valence-corrected chi connectivity index (χ3v) is 3.36. The van der Waals surface area contributed by atoms with Gasteiger partial charge in [-0.3, -0.25) is 15.0 Å². The Morgan fingerprint density at radius 1 is 1.52 bits per heavy atom. The average Bonchev–Trinajstić information content (AvgIpc) is 2.85. The molecule has 21 heavy (non-hydrogen) atoms. The van der Waals surface area contributed by atoms with Gasteiger partial charge in [-0.25, -0.2) is 4.98 Å². The minimum Gasteiger partial charge on any atom is -0.338 e. The Labute approximate surface area is 128 Å². The molecule has 1 amide bonds. The summed E-state index contributed by atoms with van der Waals surface area (Å²) in [5, 5.41) is 6.87. The van der Waals surface area contributed by atoms with Crippen LogP contribution in [0, 0.1) is 6.92 Å². The molecular weight excluding hydrogens is 292 g/mol. The van der Waals surface area contributed by atoms with Gasteiger partial charge in [0.05, 0.1) is 11.7 Å². The van der Waals surface area contributed by atoms with Crippen LogP contribution in [-0.2, 0) is 11.3 Å². The Balaban J connectivity index is 1.93. The summed E-state index contributed by atoms with van der Waals surface area (Å²) in [6, 6.07) is 4.96. The van der Waals surface area contributed by atoms with E-state index in [0.717, 1.165) is 11.3 Å². The molecule has 1 unspecified atom stereocenters. The Hall–Kier alpha value is -1.92. The maximum absolute atomic E-state index is 12.1. The molecule has 2 heterocycles. The van der Waals surface area contributed by atoms with Crippen molar-refractivity contribution in [2.24, 2.45) is 0 Å². The van der Waals surface area contributed by atoms with E-state index in [-0.39, 0.29) is 11.9 Å². The van der Waals surface area contributed by atoms with Crippen LogP contribution in [0.4, 0.5) is 5.88 Å². The highest BCUT2D eigenvalue weighted by Crippen LogP contribution is 2.12. The van der Waals surface area contributed by atoms with Crippen LogP contribution in [0.5, 0.6) is 0 Å². The molecule has 1 atom stereocenters. The first kappa shape index (κ1) is 15.5. The van der Waals surface area contributed by atoms with Crippen molar-refractivity contribution in [2.45, 2.75) is 26.4 Å². The number of anilines is 1. The molecule has 0 saturated heterocycles. The number of rotatable bonds is 5. The lowest BCUT2D eigenvalue weighted by atomic mass is 10.2. The molecule has 2 aromatic rings. The molecule has 112 valence electrons. The van der Waals surface area contributed by atoms with Crippen LogP contribution in [0.2, 0.25) is 5.15 Å². The molecule has 6 nitrogen and oxygen atoms in total. The van der Waals surface area contributed by atoms with Crippen molar-refractivity contribution in [1.82, 2.24) is 15.0 Å². The highest BCUT2D eigenvalue weighted by atomic mass is 35.5. The SMILES string of the molecule is Cc1cc(NC(=O)C(C)N(C)Cc2ccc(Cl)nc2)on1. The fourth-order valence-corrected chi connectivity index (χ4v) is 1.89. The summed E-state index contributed by atoms with van der Waals surface area (Å²) in [6.07, 6.45) is 1.70. The highest BCUT2D eigenvalue weighted by molar-refractivity contribution is 6.29. The zero-order chi connectivity index (χ0) is 15.4. The second-order valence-electron chi connectivity index (χ2n) is 4.90. The summed E-state index contributed by atoms with van der Waals surface area (Å²) in [6.45, 7) is 4.21. The fraction of sp³-hybridized carbons (Fsp3) is 0.357. The maximum atomic E-state index is 12.1. The number of nitrogens with zero attached hydrogens (tertiary/aromatic N) is 3. The number of carbonyl (C=O) groups is 1. The average molecular weight is 309 g/mol. The zero-order valence-electron chi connectivity index (χ0n) is 12.1. The van der Waals surface area contributed by atoms with Crippen LogP contribution in [0.25, 0.3) is 0 Å². The lowest BCUT2D eigenvalue weighted by Gasteiger charge is -2.23. The molecule has 0 aromatic carbocycles. The van der Waals surface area contributed by atoms with Crippen molar-refractivity contribution >= 4 is 23.4 Å². The number of nitrogens with one attached hydrogen (secondary N) is 1. The minimum atomic E-state index is -0.328. The van der Waals surface area contributed by atoms with Gasteiger partial charge in [0.15, 0.2) is 0 Å². The first-order valence-electron chi connectivity index (χ1n) is 6.50. The van der Waals surface area contributed by atoms with Crippen LogP contribution in [0.1, 0.15) is 18.2 Å². The van der Waals surface area contributed by atoms with E-state index in [2.05, 4.69) is 15.5 Å². The highest BCUT2D eigenvalue weighted by Gasteiger charge is 2.19. The van der Waals surface area contributed by atoms with Gasteiger partial charge in [0.2, 0.25) is 11.8 Å². The van der Waals surface area contributed by atoms with Crippen molar-refractivity contribution in [3.63, 3.8) is 0 Å². The summed E-state index contributed by atoms with van der Waals surface area (Å²) in [5.74, 6) is 0.196. The summed E-state index contributed by atoms with van der Waals surface area (Å²) < 4.78 is 4.97. The van der Waals surface area contributed by atoms with Gasteiger partial charge >= 0.3 is 0 Å². The van der Waals surface area contributed by atoms with E-state index in [9.17, 15) is 4.79 Å².